The van der Waals surface area contributed by atoms with E-state index in [1.165, 1.54) is 65.7 Å². The third-order valence-corrected chi connectivity index (χ3v) is 10.9. The highest BCUT2D eigenvalue weighted by atomic mass is 14.9. The molecule has 1 heterocycles. The minimum Gasteiger partial charge on any atom is -0.228 e. The molecule has 9 aromatic rings. The van der Waals surface area contributed by atoms with Crippen LogP contribution in [0.3, 0.4) is 0 Å². The first-order chi connectivity index (χ1) is 25.0. The van der Waals surface area contributed by atoms with Crippen LogP contribution in [0.1, 0.15) is 25.0 Å². The highest BCUT2D eigenvalue weighted by Gasteiger charge is 2.35. The van der Waals surface area contributed by atoms with Crippen LogP contribution < -0.4 is 0 Å². The molecule has 1 aromatic heterocycles. The molecular weight excluding hydrogens is 617 g/mol. The number of benzene rings is 8. The Morgan fingerprint density at radius 3 is 1.82 bits per heavy atom. The first-order valence-electron chi connectivity index (χ1n) is 17.7. The van der Waals surface area contributed by atoms with Gasteiger partial charge >= 0.3 is 0 Å². The molecule has 2 heteroatoms. The highest BCUT2D eigenvalue weighted by Crippen LogP contribution is 2.50. The molecule has 51 heavy (non-hydrogen) atoms. The maximum Gasteiger partial charge on any atom is 0.160 e. The van der Waals surface area contributed by atoms with Crippen LogP contribution in [0.25, 0.3) is 88.5 Å². The summed E-state index contributed by atoms with van der Waals surface area (Å²) in [6, 6.07) is 61.2. The van der Waals surface area contributed by atoms with Gasteiger partial charge in [0.1, 0.15) is 0 Å². The molecule has 0 saturated carbocycles. The van der Waals surface area contributed by atoms with E-state index in [9.17, 15) is 0 Å². The van der Waals surface area contributed by atoms with E-state index in [4.69, 9.17) is 9.97 Å². The van der Waals surface area contributed by atoms with Gasteiger partial charge in [0.2, 0.25) is 0 Å². The summed E-state index contributed by atoms with van der Waals surface area (Å²) in [7, 11) is 0. The molecule has 240 valence electrons. The van der Waals surface area contributed by atoms with Gasteiger partial charge in [0, 0.05) is 22.1 Å². The Kier molecular flexibility index (Phi) is 6.56. The number of hydrogen-bond acceptors (Lipinski definition) is 2. The van der Waals surface area contributed by atoms with Crippen molar-refractivity contribution in [3.8, 4) is 56.2 Å². The normalized spacial score (nSPS) is 13.1. The number of aromatic nitrogens is 2. The second-order valence-corrected chi connectivity index (χ2v) is 14.2. The third kappa shape index (κ3) is 4.79. The Labute approximate surface area is 297 Å². The average Bonchev–Trinajstić information content (AvgIpc) is 3.42. The van der Waals surface area contributed by atoms with Crippen molar-refractivity contribution in [1.29, 1.82) is 0 Å². The van der Waals surface area contributed by atoms with Gasteiger partial charge < -0.3 is 0 Å². The summed E-state index contributed by atoms with van der Waals surface area (Å²) in [6.07, 6.45) is 0. The summed E-state index contributed by atoms with van der Waals surface area (Å²) in [5.41, 5.74) is 12.8. The maximum absolute atomic E-state index is 5.24. The number of hydrogen-bond donors (Lipinski definition) is 0. The van der Waals surface area contributed by atoms with Crippen LogP contribution in [0, 0.1) is 0 Å². The van der Waals surface area contributed by atoms with Crippen LogP contribution in [0.5, 0.6) is 0 Å². The van der Waals surface area contributed by atoms with E-state index >= 15 is 0 Å². The molecule has 0 fully saturated rings. The molecule has 0 spiro atoms. The van der Waals surface area contributed by atoms with E-state index in [2.05, 4.69) is 178 Å². The molecule has 0 atom stereocenters. The fraction of sp³-hybridized carbons (Fsp3) is 0.0612. The van der Waals surface area contributed by atoms with Crippen molar-refractivity contribution in [2.75, 3.05) is 0 Å². The monoisotopic (exact) mass is 650 g/mol. The zero-order valence-electron chi connectivity index (χ0n) is 28.6. The quantitative estimate of drug-likeness (QED) is 0.177. The largest absolute Gasteiger partial charge is 0.228 e. The van der Waals surface area contributed by atoms with Crippen LogP contribution in [0.15, 0.2) is 170 Å². The van der Waals surface area contributed by atoms with E-state index in [1.807, 2.05) is 6.07 Å². The molecule has 0 aliphatic heterocycles. The number of fused-ring (bicyclic) bond motifs is 7. The summed E-state index contributed by atoms with van der Waals surface area (Å²) in [5, 5.41) is 7.48. The van der Waals surface area contributed by atoms with Crippen molar-refractivity contribution in [2.45, 2.75) is 19.3 Å². The van der Waals surface area contributed by atoms with E-state index in [0.717, 1.165) is 28.1 Å². The molecule has 0 amide bonds. The summed E-state index contributed by atoms with van der Waals surface area (Å²) >= 11 is 0. The number of rotatable bonds is 4. The first-order valence-corrected chi connectivity index (χ1v) is 17.7. The van der Waals surface area contributed by atoms with Gasteiger partial charge in [-0.25, -0.2) is 9.97 Å². The van der Waals surface area contributed by atoms with Crippen LogP contribution >= 0.6 is 0 Å². The van der Waals surface area contributed by atoms with Gasteiger partial charge in [0.15, 0.2) is 5.82 Å². The Bertz CT molecular complexity index is 2810. The van der Waals surface area contributed by atoms with Crippen molar-refractivity contribution in [3.63, 3.8) is 0 Å². The van der Waals surface area contributed by atoms with Gasteiger partial charge in [-0.1, -0.05) is 159 Å². The van der Waals surface area contributed by atoms with Crippen molar-refractivity contribution in [1.82, 2.24) is 9.97 Å². The second-order valence-electron chi connectivity index (χ2n) is 14.2. The third-order valence-electron chi connectivity index (χ3n) is 10.9. The van der Waals surface area contributed by atoms with E-state index < -0.39 is 0 Å². The van der Waals surface area contributed by atoms with Gasteiger partial charge in [0.25, 0.3) is 0 Å². The first kappa shape index (κ1) is 29.5. The summed E-state index contributed by atoms with van der Waals surface area (Å²) in [4.78, 5) is 10.4. The minimum atomic E-state index is -0.0603. The Morgan fingerprint density at radius 1 is 0.353 bits per heavy atom. The fourth-order valence-corrected chi connectivity index (χ4v) is 8.17. The average molecular weight is 651 g/mol. The molecule has 1 aliphatic rings. The van der Waals surface area contributed by atoms with Crippen molar-refractivity contribution in [3.05, 3.63) is 181 Å². The SMILES string of the molecule is CC1(C)c2ccccc2-c2cc3ccc4ccc(-c5cc(-c6ccccc6)nc(-c6ccc(-c7cccc8ccccc78)cc6)n5)cc4c3cc21. The van der Waals surface area contributed by atoms with Crippen LogP contribution in [0.4, 0.5) is 0 Å². The Hall–Kier alpha value is -6.38. The lowest BCUT2D eigenvalue weighted by Gasteiger charge is -2.22. The lowest BCUT2D eigenvalue weighted by molar-refractivity contribution is 0.661. The maximum atomic E-state index is 5.24. The van der Waals surface area contributed by atoms with E-state index in [-0.39, 0.29) is 5.41 Å². The Morgan fingerprint density at radius 2 is 0.961 bits per heavy atom. The smallest absolute Gasteiger partial charge is 0.160 e. The minimum absolute atomic E-state index is 0.0603. The zero-order valence-corrected chi connectivity index (χ0v) is 28.6. The van der Waals surface area contributed by atoms with Crippen molar-refractivity contribution >= 4 is 32.3 Å². The molecule has 0 bridgehead atoms. The lowest BCUT2D eigenvalue weighted by atomic mass is 9.81. The summed E-state index contributed by atoms with van der Waals surface area (Å²) in [5.74, 6) is 0.714. The van der Waals surface area contributed by atoms with Crippen LogP contribution in [0.2, 0.25) is 0 Å². The van der Waals surface area contributed by atoms with Crippen LogP contribution in [-0.2, 0) is 5.41 Å². The molecule has 0 saturated heterocycles. The summed E-state index contributed by atoms with van der Waals surface area (Å²) in [6.45, 7) is 4.70. The topological polar surface area (TPSA) is 25.8 Å². The van der Waals surface area contributed by atoms with Crippen molar-refractivity contribution < 1.29 is 0 Å². The molecule has 10 rings (SSSR count). The predicted molar refractivity (Wildman–Crippen MR) is 214 cm³/mol. The molecule has 8 aromatic carbocycles. The molecule has 0 unspecified atom stereocenters. The highest BCUT2D eigenvalue weighted by molar-refractivity contribution is 6.11. The number of nitrogens with zero attached hydrogens (tertiary/aromatic N) is 2. The standard InChI is InChI=1S/C49H34N2/c1-49(2)44-18-9-8-16-40(44)43-27-36-25-21-33-22-26-37(28-41(33)42(36)29-45(43)49)47-30-46(34-12-4-3-5-13-34)50-48(51-47)35-23-19-32(20-24-35)39-17-10-14-31-11-6-7-15-38(31)39/h3-30H,1-2H3. The van der Waals surface area contributed by atoms with Crippen LogP contribution in [-0.4, -0.2) is 9.97 Å². The molecule has 0 radical (unpaired) electrons. The second kappa shape index (κ2) is 11.3. The van der Waals surface area contributed by atoms with Gasteiger partial charge in [-0.3, -0.25) is 0 Å². The lowest BCUT2D eigenvalue weighted by Crippen LogP contribution is -2.14. The molecule has 0 N–H and O–H groups in total. The van der Waals surface area contributed by atoms with Crippen molar-refractivity contribution in [2.24, 2.45) is 0 Å². The molecule has 1 aliphatic carbocycles. The molecular formula is C49H34N2. The summed E-state index contributed by atoms with van der Waals surface area (Å²) < 4.78 is 0. The van der Waals surface area contributed by atoms with Gasteiger partial charge in [-0.2, -0.15) is 0 Å². The van der Waals surface area contributed by atoms with Gasteiger partial charge in [-0.15, -0.1) is 0 Å². The van der Waals surface area contributed by atoms with E-state index in [1.54, 1.807) is 0 Å². The van der Waals surface area contributed by atoms with Gasteiger partial charge in [0.05, 0.1) is 11.4 Å². The Balaban J connectivity index is 1.11. The predicted octanol–water partition coefficient (Wildman–Crippen LogP) is 12.9. The zero-order chi connectivity index (χ0) is 34.1. The fourth-order valence-electron chi connectivity index (χ4n) is 8.17. The van der Waals surface area contributed by atoms with E-state index in [0.29, 0.717) is 5.82 Å². The molecule has 2 nitrogen and oxygen atoms in total. The van der Waals surface area contributed by atoms with Gasteiger partial charge in [-0.05, 0) is 90.0 Å².